The fourth-order valence-corrected chi connectivity index (χ4v) is 5.48. The van der Waals surface area contributed by atoms with Crippen molar-refractivity contribution in [2.75, 3.05) is 12.4 Å². The highest BCUT2D eigenvalue weighted by molar-refractivity contribution is 5.94. The molecule has 0 radical (unpaired) electrons. The van der Waals surface area contributed by atoms with Gasteiger partial charge in [0, 0.05) is 24.2 Å². The Morgan fingerprint density at radius 1 is 1.08 bits per heavy atom. The summed E-state index contributed by atoms with van der Waals surface area (Å²) in [5.41, 5.74) is 2.66. The second-order valence-electron chi connectivity index (χ2n) is 10.6. The molecule has 2 saturated heterocycles. The highest BCUT2D eigenvalue weighted by atomic mass is 16.2. The van der Waals surface area contributed by atoms with Gasteiger partial charge in [0.25, 0.3) is 0 Å². The zero-order valence-corrected chi connectivity index (χ0v) is 21.8. The molecule has 0 unspecified atom stereocenters. The first-order valence-electron chi connectivity index (χ1n) is 13.4. The van der Waals surface area contributed by atoms with Crippen molar-refractivity contribution in [2.24, 2.45) is 5.92 Å². The van der Waals surface area contributed by atoms with Gasteiger partial charge >= 0.3 is 0 Å². The summed E-state index contributed by atoms with van der Waals surface area (Å²) in [6.45, 7) is 5.94. The Kier molecular flexibility index (Phi) is 8.63. The van der Waals surface area contributed by atoms with Crippen LogP contribution in [0.5, 0.6) is 0 Å². The van der Waals surface area contributed by atoms with Gasteiger partial charge < -0.3 is 26.2 Å². The Labute approximate surface area is 218 Å². The summed E-state index contributed by atoms with van der Waals surface area (Å²) in [5, 5.41) is 11.7. The Hall–Kier alpha value is -3.20. The topological polar surface area (TPSA) is 120 Å². The van der Waals surface area contributed by atoms with Gasteiger partial charge in [-0.2, -0.15) is 0 Å². The van der Waals surface area contributed by atoms with E-state index in [-0.39, 0.29) is 35.6 Å². The first-order valence-corrected chi connectivity index (χ1v) is 13.4. The van der Waals surface area contributed by atoms with Crippen molar-refractivity contribution in [1.82, 2.24) is 20.9 Å². The third kappa shape index (κ3) is 6.39. The van der Waals surface area contributed by atoms with Gasteiger partial charge in [-0.1, -0.05) is 37.1 Å². The number of allylic oxidation sites excluding steroid dienone is 1. The maximum atomic E-state index is 13.5. The average molecular weight is 510 g/mol. The maximum absolute atomic E-state index is 13.5. The molecule has 0 aromatic heterocycles. The number of hydrogen-bond donors (Lipinski definition) is 4. The lowest BCUT2D eigenvalue weighted by molar-refractivity contribution is -0.144. The number of carbonyl (C=O) groups excluding carboxylic acids is 4. The van der Waals surface area contributed by atoms with Crippen LogP contribution in [-0.4, -0.2) is 59.7 Å². The molecule has 200 valence electrons. The number of rotatable bonds is 8. The van der Waals surface area contributed by atoms with Crippen molar-refractivity contribution in [3.63, 3.8) is 0 Å². The van der Waals surface area contributed by atoms with Crippen molar-refractivity contribution in [1.29, 1.82) is 0 Å². The number of benzene rings is 1. The summed E-state index contributed by atoms with van der Waals surface area (Å²) in [4.78, 5) is 53.3. The van der Waals surface area contributed by atoms with Crippen molar-refractivity contribution in [3.05, 3.63) is 42.0 Å². The first-order chi connectivity index (χ1) is 17.8. The van der Waals surface area contributed by atoms with Gasteiger partial charge in [0.1, 0.15) is 12.1 Å². The van der Waals surface area contributed by atoms with Crippen LogP contribution in [0, 0.1) is 5.92 Å². The van der Waals surface area contributed by atoms with Crippen LogP contribution >= 0.6 is 0 Å². The van der Waals surface area contributed by atoms with E-state index in [1.807, 2.05) is 24.3 Å². The molecule has 0 bridgehead atoms. The van der Waals surface area contributed by atoms with Gasteiger partial charge in [0.15, 0.2) is 0 Å². The zero-order valence-electron chi connectivity index (χ0n) is 21.8. The van der Waals surface area contributed by atoms with Gasteiger partial charge in [-0.25, -0.2) is 0 Å². The summed E-state index contributed by atoms with van der Waals surface area (Å²) < 4.78 is 0. The van der Waals surface area contributed by atoms with E-state index in [9.17, 15) is 19.2 Å². The highest BCUT2D eigenvalue weighted by Gasteiger charge is 2.43. The number of likely N-dealkylation sites (N-methyl/N-ethyl adjacent to an activating group) is 1. The summed E-state index contributed by atoms with van der Waals surface area (Å²) in [6, 6.07) is 5.89. The van der Waals surface area contributed by atoms with Crippen LogP contribution in [0.15, 0.2) is 36.4 Å². The van der Waals surface area contributed by atoms with Crippen LogP contribution in [0.2, 0.25) is 0 Å². The van der Waals surface area contributed by atoms with Crippen LogP contribution in [-0.2, 0) is 25.7 Å². The molecule has 4 N–H and O–H groups in total. The quantitative estimate of drug-likeness (QED) is 0.401. The molecule has 4 amide bonds. The smallest absolute Gasteiger partial charge is 0.246 e. The molecule has 1 aromatic rings. The summed E-state index contributed by atoms with van der Waals surface area (Å²) in [6.07, 6.45) is 6.14. The molecule has 0 spiro atoms. The molecule has 2 aliphatic heterocycles. The SMILES string of the molecule is C=C1CC(C(=O)Nc2cccc(CNC(=O)[C@@H]3CC[C@@H]4CCCC[C@H](NC(=O)[C@H](C)NC)C(=O)N43)c2)C1. The van der Waals surface area contributed by atoms with Crippen LogP contribution < -0.4 is 21.3 Å². The van der Waals surface area contributed by atoms with Crippen molar-refractivity contribution >= 4 is 29.3 Å². The Morgan fingerprint density at radius 3 is 2.57 bits per heavy atom. The lowest BCUT2D eigenvalue weighted by Crippen LogP contribution is -2.57. The molecule has 9 heteroatoms. The third-order valence-corrected chi connectivity index (χ3v) is 7.88. The predicted octanol–water partition coefficient (Wildman–Crippen LogP) is 2.23. The molecule has 1 saturated carbocycles. The van der Waals surface area contributed by atoms with Crippen LogP contribution in [0.25, 0.3) is 0 Å². The van der Waals surface area contributed by atoms with E-state index in [0.29, 0.717) is 25.1 Å². The third-order valence-electron chi connectivity index (χ3n) is 7.88. The molecule has 1 aliphatic carbocycles. The van der Waals surface area contributed by atoms with E-state index in [1.54, 1.807) is 18.9 Å². The number of nitrogens with zero attached hydrogens (tertiary/aromatic N) is 1. The number of carbonyl (C=O) groups is 4. The largest absolute Gasteiger partial charge is 0.350 e. The standard InChI is InChI=1S/C28H39N5O4/c1-17-13-20(14-17)26(35)31-21-8-6-7-19(15-21)16-30-27(36)24-12-11-22-9-4-5-10-23(28(37)33(22)24)32-25(34)18(2)29-3/h6-8,15,18,20,22-24,29H,1,4-5,9-14,16H2,2-3H3,(H,30,36)(H,31,35)(H,32,34)/t18-,22-,23-,24-/m0/s1. The molecule has 9 nitrogen and oxygen atoms in total. The number of nitrogens with one attached hydrogen (secondary N) is 4. The second-order valence-corrected chi connectivity index (χ2v) is 10.6. The molecule has 3 fully saturated rings. The van der Waals surface area contributed by atoms with Crippen LogP contribution in [0.1, 0.15) is 63.9 Å². The average Bonchev–Trinajstić information content (AvgIpc) is 3.28. The lowest BCUT2D eigenvalue weighted by atomic mass is 9.80. The van der Waals surface area contributed by atoms with E-state index in [2.05, 4.69) is 27.8 Å². The van der Waals surface area contributed by atoms with E-state index in [4.69, 9.17) is 0 Å². The molecular formula is C28H39N5O4. The van der Waals surface area contributed by atoms with Gasteiger partial charge in [0.2, 0.25) is 23.6 Å². The Balaban J connectivity index is 1.37. The molecule has 3 aliphatic rings. The molecule has 4 atom stereocenters. The normalized spacial score (nSPS) is 24.8. The minimum atomic E-state index is -0.618. The van der Waals surface area contributed by atoms with E-state index in [1.165, 1.54) is 0 Å². The number of amides is 4. The summed E-state index contributed by atoms with van der Waals surface area (Å²) >= 11 is 0. The Morgan fingerprint density at radius 2 is 1.84 bits per heavy atom. The number of hydrogen-bond acceptors (Lipinski definition) is 5. The lowest BCUT2D eigenvalue weighted by Gasteiger charge is -2.35. The Bertz CT molecular complexity index is 1050. The fourth-order valence-electron chi connectivity index (χ4n) is 5.48. The second kappa shape index (κ2) is 11.9. The van der Waals surface area contributed by atoms with Crippen LogP contribution in [0.3, 0.4) is 0 Å². The van der Waals surface area contributed by atoms with Gasteiger partial charge in [0.05, 0.1) is 6.04 Å². The van der Waals surface area contributed by atoms with Crippen molar-refractivity contribution < 1.29 is 19.2 Å². The first kappa shape index (κ1) is 26.9. The summed E-state index contributed by atoms with van der Waals surface area (Å²) in [7, 11) is 1.70. The minimum Gasteiger partial charge on any atom is -0.350 e. The number of anilines is 1. The molecule has 1 aromatic carbocycles. The molecule has 2 heterocycles. The highest BCUT2D eigenvalue weighted by Crippen LogP contribution is 2.33. The van der Waals surface area contributed by atoms with Crippen molar-refractivity contribution in [3.8, 4) is 0 Å². The number of fused-ring (bicyclic) bond motifs is 1. The van der Waals surface area contributed by atoms with E-state index >= 15 is 0 Å². The van der Waals surface area contributed by atoms with E-state index in [0.717, 1.165) is 49.7 Å². The molecule has 37 heavy (non-hydrogen) atoms. The molecule has 4 rings (SSSR count). The van der Waals surface area contributed by atoms with Crippen LogP contribution in [0.4, 0.5) is 5.69 Å². The maximum Gasteiger partial charge on any atom is 0.246 e. The minimum absolute atomic E-state index is 0.00747. The predicted molar refractivity (Wildman–Crippen MR) is 141 cm³/mol. The summed E-state index contributed by atoms with van der Waals surface area (Å²) in [5.74, 6) is -0.592. The van der Waals surface area contributed by atoms with Gasteiger partial charge in [-0.05, 0) is 70.2 Å². The monoisotopic (exact) mass is 509 g/mol. The van der Waals surface area contributed by atoms with E-state index < -0.39 is 18.1 Å². The fraction of sp³-hybridized carbons (Fsp3) is 0.571. The van der Waals surface area contributed by atoms with Crippen molar-refractivity contribution in [2.45, 2.75) is 89.0 Å². The van der Waals surface area contributed by atoms with Gasteiger partial charge in [-0.15, -0.1) is 0 Å². The zero-order chi connectivity index (χ0) is 26.5. The molecular weight excluding hydrogens is 470 g/mol. The van der Waals surface area contributed by atoms with Gasteiger partial charge in [-0.3, -0.25) is 19.2 Å².